The molecule has 2 aromatic rings. The van der Waals surface area contributed by atoms with Gasteiger partial charge in [0.1, 0.15) is 5.82 Å². The SMILES string of the molecule is CCc1noc(CN(CC)C(=O)[C@H]2CC(=O)Nc3ccc(F)cc32)n1. The van der Waals surface area contributed by atoms with Gasteiger partial charge in [0.05, 0.1) is 12.5 Å². The van der Waals surface area contributed by atoms with Crippen molar-refractivity contribution in [1.82, 2.24) is 15.0 Å². The molecule has 1 aliphatic heterocycles. The molecule has 25 heavy (non-hydrogen) atoms. The molecule has 7 nitrogen and oxygen atoms in total. The molecule has 0 saturated carbocycles. The maximum Gasteiger partial charge on any atom is 0.246 e. The molecule has 1 atom stereocenters. The van der Waals surface area contributed by atoms with Crippen molar-refractivity contribution in [2.75, 3.05) is 11.9 Å². The summed E-state index contributed by atoms with van der Waals surface area (Å²) in [6, 6.07) is 4.03. The third kappa shape index (κ3) is 3.52. The Morgan fingerprint density at radius 3 is 2.92 bits per heavy atom. The zero-order chi connectivity index (χ0) is 18.0. The van der Waals surface area contributed by atoms with Crippen molar-refractivity contribution in [2.45, 2.75) is 39.2 Å². The van der Waals surface area contributed by atoms with Crippen molar-refractivity contribution in [3.05, 3.63) is 41.3 Å². The van der Waals surface area contributed by atoms with E-state index in [0.717, 1.165) is 0 Å². The number of benzene rings is 1. The van der Waals surface area contributed by atoms with Gasteiger partial charge in [0.25, 0.3) is 0 Å². The summed E-state index contributed by atoms with van der Waals surface area (Å²) < 4.78 is 18.8. The first-order chi connectivity index (χ1) is 12.0. The highest BCUT2D eigenvalue weighted by atomic mass is 19.1. The second-order valence-electron chi connectivity index (χ2n) is 5.85. The molecule has 8 heteroatoms. The van der Waals surface area contributed by atoms with Crippen molar-refractivity contribution < 1.29 is 18.5 Å². The van der Waals surface area contributed by atoms with Crippen LogP contribution in [0.2, 0.25) is 0 Å². The lowest BCUT2D eigenvalue weighted by molar-refractivity contribution is -0.135. The molecule has 1 N–H and O–H groups in total. The summed E-state index contributed by atoms with van der Waals surface area (Å²) >= 11 is 0. The molecule has 0 unspecified atom stereocenters. The van der Waals surface area contributed by atoms with Crippen LogP contribution in [0.3, 0.4) is 0 Å². The summed E-state index contributed by atoms with van der Waals surface area (Å²) in [7, 11) is 0. The molecule has 1 aromatic carbocycles. The smallest absolute Gasteiger partial charge is 0.246 e. The van der Waals surface area contributed by atoms with Gasteiger partial charge in [-0.1, -0.05) is 12.1 Å². The number of hydrogen-bond donors (Lipinski definition) is 1. The fraction of sp³-hybridized carbons (Fsp3) is 0.412. The van der Waals surface area contributed by atoms with E-state index in [4.69, 9.17) is 4.52 Å². The summed E-state index contributed by atoms with van der Waals surface area (Å²) in [4.78, 5) is 30.6. The van der Waals surface area contributed by atoms with Crippen LogP contribution in [0.4, 0.5) is 10.1 Å². The van der Waals surface area contributed by atoms with Crippen molar-refractivity contribution in [3.8, 4) is 0 Å². The molecule has 2 amide bonds. The van der Waals surface area contributed by atoms with Crippen molar-refractivity contribution >= 4 is 17.5 Å². The summed E-state index contributed by atoms with van der Waals surface area (Å²) in [6.07, 6.45) is 0.620. The molecule has 0 bridgehead atoms. The molecule has 132 valence electrons. The molecule has 2 heterocycles. The van der Waals surface area contributed by atoms with E-state index in [1.807, 2.05) is 13.8 Å². The fourth-order valence-corrected chi connectivity index (χ4v) is 2.88. The van der Waals surface area contributed by atoms with Crippen molar-refractivity contribution in [3.63, 3.8) is 0 Å². The second-order valence-corrected chi connectivity index (χ2v) is 5.85. The molecular weight excluding hydrogens is 327 g/mol. The first kappa shape index (κ1) is 17.1. The monoisotopic (exact) mass is 346 g/mol. The van der Waals surface area contributed by atoms with E-state index >= 15 is 0 Å². The Balaban J connectivity index is 1.85. The van der Waals surface area contributed by atoms with Gasteiger partial charge in [-0.05, 0) is 30.7 Å². The van der Waals surface area contributed by atoms with E-state index in [1.54, 1.807) is 0 Å². The molecule has 3 rings (SSSR count). The number of nitrogens with zero attached hydrogens (tertiary/aromatic N) is 3. The number of rotatable bonds is 5. The van der Waals surface area contributed by atoms with E-state index in [9.17, 15) is 14.0 Å². The van der Waals surface area contributed by atoms with Gasteiger partial charge in [0, 0.05) is 25.1 Å². The highest BCUT2D eigenvalue weighted by Crippen LogP contribution is 2.34. The number of carbonyl (C=O) groups excluding carboxylic acids is 2. The number of fused-ring (bicyclic) bond motifs is 1. The van der Waals surface area contributed by atoms with Gasteiger partial charge in [0.15, 0.2) is 5.82 Å². The molecule has 0 saturated heterocycles. The Bertz CT molecular complexity index is 805. The standard InChI is InChI=1S/C17H19FN4O3/c1-3-14-20-16(25-21-14)9-22(4-2)17(24)12-8-15(23)19-13-6-5-10(18)7-11(12)13/h5-7,12H,3-4,8-9H2,1-2H3,(H,19,23)/t12-/m0/s1. The molecule has 1 aliphatic rings. The number of amides is 2. The van der Waals surface area contributed by atoms with Gasteiger partial charge in [-0.2, -0.15) is 4.98 Å². The van der Waals surface area contributed by atoms with Crippen molar-refractivity contribution in [1.29, 1.82) is 0 Å². The Hall–Kier alpha value is -2.77. The number of nitrogens with one attached hydrogen (secondary N) is 1. The van der Waals surface area contributed by atoms with E-state index in [-0.39, 0.29) is 24.8 Å². The number of anilines is 1. The van der Waals surface area contributed by atoms with Gasteiger partial charge in [-0.25, -0.2) is 4.39 Å². The van der Waals surface area contributed by atoms with Crippen LogP contribution in [-0.2, 0) is 22.6 Å². The zero-order valence-electron chi connectivity index (χ0n) is 14.1. The van der Waals surface area contributed by atoms with E-state index in [2.05, 4.69) is 15.5 Å². The van der Waals surface area contributed by atoms with Gasteiger partial charge >= 0.3 is 0 Å². The second kappa shape index (κ2) is 7.00. The van der Waals surface area contributed by atoms with Crippen LogP contribution < -0.4 is 5.32 Å². The number of carbonyl (C=O) groups is 2. The molecule has 1 aromatic heterocycles. The van der Waals surface area contributed by atoms with E-state index < -0.39 is 11.7 Å². The topological polar surface area (TPSA) is 88.3 Å². The van der Waals surface area contributed by atoms with Crippen LogP contribution in [0, 0.1) is 5.82 Å². The quantitative estimate of drug-likeness (QED) is 0.897. The minimum Gasteiger partial charge on any atom is -0.337 e. The molecule has 0 fully saturated rings. The first-order valence-electron chi connectivity index (χ1n) is 8.21. The highest BCUT2D eigenvalue weighted by Gasteiger charge is 2.34. The predicted molar refractivity (Wildman–Crippen MR) is 87.2 cm³/mol. The maximum absolute atomic E-state index is 13.6. The summed E-state index contributed by atoms with van der Waals surface area (Å²) in [6.45, 7) is 4.30. The van der Waals surface area contributed by atoms with E-state index in [0.29, 0.717) is 35.9 Å². The van der Waals surface area contributed by atoms with Crippen molar-refractivity contribution in [2.24, 2.45) is 0 Å². The molecule has 0 radical (unpaired) electrons. The van der Waals surface area contributed by atoms with Gasteiger partial charge in [-0.15, -0.1) is 0 Å². The van der Waals surface area contributed by atoms with E-state index in [1.165, 1.54) is 23.1 Å². The normalized spacial score (nSPS) is 16.3. The zero-order valence-corrected chi connectivity index (χ0v) is 14.1. The fourth-order valence-electron chi connectivity index (χ4n) is 2.88. The Labute approximate surface area is 144 Å². The minimum atomic E-state index is -0.729. The Kier molecular flexibility index (Phi) is 4.78. The van der Waals surface area contributed by atoms with Crippen LogP contribution in [-0.4, -0.2) is 33.4 Å². The number of likely N-dealkylation sites (N-methyl/N-ethyl adjacent to an activating group) is 1. The van der Waals surface area contributed by atoms with Crippen LogP contribution in [0.25, 0.3) is 0 Å². The lowest BCUT2D eigenvalue weighted by Gasteiger charge is -2.29. The Morgan fingerprint density at radius 1 is 1.44 bits per heavy atom. The van der Waals surface area contributed by atoms with Crippen LogP contribution in [0.1, 0.15) is 43.5 Å². The third-order valence-electron chi connectivity index (χ3n) is 4.20. The van der Waals surface area contributed by atoms with Gasteiger partial charge in [0.2, 0.25) is 17.7 Å². The average molecular weight is 346 g/mol. The molecular formula is C17H19FN4O3. The summed E-state index contributed by atoms with van der Waals surface area (Å²) in [5, 5.41) is 6.49. The van der Waals surface area contributed by atoms with Crippen LogP contribution >= 0.6 is 0 Å². The minimum absolute atomic E-state index is 0.0180. The number of aromatic nitrogens is 2. The van der Waals surface area contributed by atoms with Gasteiger partial charge in [-0.3, -0.25) is 9.59 Å². The first-order valence-corrected chi connectivity index (χ1v) is 8.21. The number of halogens is 1. The lowest BCUT2D eigenvalue weighted by Crippen LogP contribution is -2.38. The number of hydrogen-bond acceptors (Lipinski definition) is 5. The Morgan fingerprint density at radius 2 is 2.24 bits per heavy atom. The summed E-state index contributed by atoms with van der Waals surface area (Å²) in [5.74, 6) is -0.789. The molecule has 0 aliphatic carbocycles. The van der Waals surface area contributed by atoms with Gasteiger partial charge < -0.3 is 14.7 Å². The molecule has 0 spiro atoms. The predicted octanol–water partition coefficient (Wildman–Crippen LogP) is 2.25. The van der Waals surface area contributed by atoms with Crippen LogP contribution in [0.15, 0.2) is 22.7 Å². The highest BCUT2D eigenvalue weighted by molar-refractivity contribution is 6.01. The average Bonchev–Trinajstić information content (AvgIpc) is 3.06. The number of aryl methyl sites for hydroxylation is 1. The third-order valence-corrected chi connectivity index (χ3v) is 4.20. The van der Waals surface area contributed by atoms with Crippen LogP contribution in [0.5, 0.6) is 0 Å². The largest absolute Gasteiger partial charge is 0.337 e. The maximum atomic E-state index is 13.6. The summed E-state index contributed by atoms with van der Waals surface area (Å²) in [5.41, 5.74) is 0.959. The lowest BCUT2D eigenvalue weighted by atomic mass is 9.89.